The molecule has 3 heterocycles. The van der Waals surface area contributed by atoms with Crippen molar-refractivity contribution in [2.24, 2.45) is 0 Å². The van der Waals surface area contributed by atoms with Gasteiger partial charge in [0.15, 0.2) is 5.82 Å². The number of hydrogen-bond acceptors (Lipinski definition) is 4. The molecule has 4 rings (SSSR count). The lowest BCUT2D eigenvalue weighted by atomic mass is 10.2. The average molecular weight is 353 g/mol. The average Bonchev–Trinajstić information content (AvgIpc) is 3.03. The summed E-state index contributed by atoms with van der Waals surface area (Å²) < 4.78 is 15.5. The first-order chi connectivity index (χ1) is 12.6. The molecule has 2 aromatic heterocycles. The summed E-state index contributed by atoms with van der Waals surface area (Å²) in [5.41, 5.74) is 3.11. The monoisotopic (exact) mass is 353 g/mol. The van der Waals surface area contributed by atoms with Gasteiger partial charge in [-0.2, -0.15) is 0 Å². The number of nitrogens with zero attached hydrogens (tertiary/aromatic N) is 4. The zero-order valence-corrected chi connectivity index (χ0v) is 15.2. The summed E-state index contributed by atoms with van der Waals surface area (Å²) in [5.74, 6) is 2.08. The van der Waals surface area contributed by atoms with Crippen LogP contribution in [0, 0.1) is 5.82 Å². The fraction of sp³-hybridized carbons (Fsp3) is 0.400. The Morgan fingerprint density at radius 3 is 2.54 bits per heavy atom. The van der Waals surface area contributed by atoms with Crippen LogP contribution in [0.5, 0.6) is 0 Å². The second-order valence-corrected chi connectivity index (χ2v) is 7.08. The Hall–Kier alpha value is -2.47. The van der Waals surface area contributed by atoms with E-state index in [-0.39, 0.29) is 5.82 Å². The van der Waals surface area contributed by atoms with Gasteiger partial charge < -0.3 is 14.8 Å². The van der Waals surface area contributed by atoms with Gasteiger partial charge in [-0.05, 0) is 23.8 Å². The molecular formula is C20H24FN5. The highest BCUT2D eigenvalue weighted by Crippen LogP contribution is 2.29. The van der Waals surface area contributed by atoms with Crippen LogP contribution in [0.15, 0.2) is 36.5 Å². The Morgan fingerprint density at radius 1 is 1.12 bits per heavy atom. The summed E-state index contributed by atoms with van der Waals surface area (Å²) >= 11 is 0. The third-order valence-corrected chi connectivity index (χ3v) is 4.86. The SMILES string of the molecule is CC(C)c1nc2c(N3CCNCC3)nccc2n1Cc1ccc(F)cc1. The van der Waals surface area contributed by atoms with E-state index in [2.05, 4.69) is 33.6 Å². The molecule has 1 fully saturated rings. The number of rotatable bonds is 4. The number of benzene rings is 1. The summed E-state index contributed by atoms with van der Waals surface area (Å²) in [7, 11) is 0. The van der Waals surface area contributed by atoms with Crippen molar-refractivity contribution >= 4 is 16.9 Å². The van der Waals surface area contributed by atoms with Crippen LogP contribution in [0.3, 0.4) is 0 Å². The second-order valence-electron chi connectivity index (χ2n) is 7.08. The number of halogens is 1. The van der Waals surface area contributed by atoms with Crippen LogP contribution in [0.4, 0.5) is 10.2 Å². The fourth-order valence-corrected chi connectivity index (χ4v) is 3.54. The van der Waals surface area contributed by atoms with Crippen LogP contribution in [0.1, 0.15) is 31.2 Å². The molecule has 0 radical (unpaired) electrons. The lowest BCUT2D eigenvalue weighted by molar-refractivity contribution is 0.586. The van der Waals surface area contributed by atoms with Crippen LogP contribution < -0.4 is 10.2 Å². The van der Waals surface area contributed by atoms with Crippen molar-refractivity contribution in [1.29, 1.82) is 0 Å². The number of pyridine rings is 1. The highest BCUT2D eigenvalue weighted by Gasteiger charge is 2.21. The lowest BCUT2D eigenvalue weighted by Crippen LogP contribution is -2.44. The maximum atomic E-state index is 13.2. The molecule has 1 N–H and O–H groups in total. The lowest BCUT2D eigenvalue weighted by Gasteiger charge is -2.28. The predicted molar refractivity (Wildman–Crippen MR) is 102 cm³/mol. The van der Waals surface area contributed by atoms with Crippen LogP contribution in [-0.4, -0.2) is 40.7 Å². The molecule has 0 atom stereocenters. The van der Waals surface area contributed by atoms with Gasteiger partial charge in [0.2, 0.25) is 0 Å². The van der Waals surface area contributed by atoms with E-state index in [1.165, 1.54) is 12.1 Å². The quantitative estimate of drug-likeness (QED) is 0.783. The standard InChI is InChI=1S/C20H24FN5/c1-14(2)19-24-18-17(26(19)13-15-3-5-16(21)6-4-15)7-8-23-20(18)25-11-9-22-10-12-25/h3-8,14,22H,9-13H2,1-2H3. The zero-order chi connectivity index (χ0) is 18.1. The van der Waals surface area contributed by atoms with Gasteiger partial charge in [-0.15, -0.1) is 0 Å². The Balaban J connectivity index is 1.80. The first kappa shape index (κ1) is 17.0. The molecule has 26 heavy (non-hydrogen) atoms. The first-order valence-corrected chi connectivity index (χ1v) is 9.18. The van der Waals surface area contributed by atoms with Gasteiger partial charge in [-0.3, -0.25) is 0 Å². The van der Waals surface area contributed by atoms with E-state index in [9.17, 15) is 4.39 Å². The summed E-state index contributed by atoms with van der Waals surface area (Å²) in [6, 6.07) is 8.73. The molecule has 1 aliphatic rings. The van der Waals surface area contributed by atoms with E-state index in [4.69, 9.17) is 4.98 Å². The number of aromatic nitrogens is 3. The van der Waals surface area contributed by atoms with Crippen molar-refractivity contribution in [2.45, 2.75) is 26.3 Å². The van der Waals surface area contributed by atoms with E-state index in [0.29, 0.717) is 12.5 Å². The summed E-state index contributed by atoms with van der Waals surface area (Å²) in [6.45, 7) is 8.79. The Labute approximate surface area is 152 Å². The minimum absolute atomic E-state index is 0.210. The van der Waals surface area contributed by atoms with E-state index in [1.807, 2.05) is 24.4 Å². The molecule has 1 aliphatic heterocycles. The minimum atomic E-state index is -0.210. The summed E-state index contributed by atoms with van der Waals surface area (Å²) in [4.78, 5) is 11.9. The van der Waals surface area contributed by atoms with E-state index in [0.717, 1.165) is 54.4 Å². The molecule has 1 saturated heterocycles. The van der Waals surface area contributed by atoms with Gasteiger partial charge in [0.25, 0.3) is 0 Å². The normalized spacial score (nSPS) is 15.2. The molecule has 0 bridgehead atoms. The molecule has 136 valence electrons. The minimum Gasteiger partial charge on any atom is -0.352 e. The molecule has 0 spiro atoms. The van der Waals surface area contributed by atoms with E-state index < -0.39 is 0 Å². The second kappa shape index (κ2) is 7.03. The molecule has 0 aliphatic carbocycles. The Bertz CT molecular complexity index is 894. The number of imidazole rings is 1. The molecule has 0 amide bonds. The van der Waals surface area contributed by atoms with Crippen molar-refractivity contribution in [2.75, 3.05) is 31.1 Å². The maximum absolute atomic E-state index is 13.2. The zero-order valence-electron chi connectivity index (χ0n) is 15.2. The predicted octanol–water partition coefficient (Wildman–Crippen LogP) is 3.15. The molecule has 3 aromatic rings. The van der Waals surface area contributed by atoms with E-state index in [1.54, 1.807) is 0 Å². The smallest absolute Gasteiger partial charge is 0.156 e. The maximum Gasteiger partial charge on any atom is 0.156 e. The van der Waals surface area contributed by atoms with Gasteiger partial charge in [0.05, 0.1) is 5.52 Å². The fourth-order valence-electron chi connectivity index (χ4n) is 3.54. The molecule has 6 heteroatoms. The highest BCUT2D eigenvalue weighted by molar-refractivity contribution is 5.87. The molecule has 0 saturated carbocycles. The molecule has 1 aromatic carbocycles. The molecular weight excluding hydrogens is 329 g/mol. The van der Waals surface area contributed by atoms with Crippen LogP contribution >= 0.6 is 0 Å². The van der Waals surface area contributed by atoms with Gasteiger partial charge in [0.1, 0.15) is 17.2 Å². The number of piperazine rings is 1. The molecule has 5 nitrogen and oxygen atoms in total. The number of anilines is 1. The topological polar surface area (TPSA) is 46.0 Å². The van der Waals surface area contributed by atoms with Gasteiger partial charge >= 0.3 is 0 Å². The van der Waals surface area contributed by atoms with Crippen LogP contribution in [0.25, 0.3) is 11.0 Å². The third-order valence-electron chi connectivity index (χ3n) is 4.86. The van der Waals surface area contributed by atoms with Crippen molar-refractivity contribution in [1.82, 2.24) is 19.9 Å². The van der Waals surface area contributed by atoms with Crippen molar-refractivity contribution < 1.29 is 4.39 Å². The summed E-state index contributed by atoms with van der Waals surface area (Å²) in [6.07, 6.45) is 1.87. The number of fused-ring (bicyclic) bond motifs is 1. The van der Waals surface area contributed by atoms with Gasteiger partial charge in [-0.25, -0.2) is 14.4 Å². The van der Waals surface area contributed by atoms with Gasteiger partial charge in [0, 0.05) is 44.8 Å². The van der Waals surface area contributed by atoms with Crippen LogP contribution in [0.2, 0.25) is 0 Å². The summed E-state index contributed by atoms with van der Waals surface area (Å²) in [5, 5.41) is 3.38. The number of hydrogen-bond donors (Lipinski definition) is 1. The van der Waals surface area contributed by atoms with Crippen molar-refractivity contribution in [3.63, 3.8) is 0 Å². The van der Waals surface area contributed by atoms with E-state index >= 15 is 0 Å². The highest BCUT2D eigenvalue weighted by atomic mass is 19.1. The van der Waals surface area contributed by atoms with Crippen molar-refractivity contribution in [3.05, 3.63) is 53.7 Å². The van der Waals surface area contributed by atoms with Crippen molar-refractivity contribution in [3.8, 4) is 0 Å². The molecule has 0 unspecified atom stereocenters. The first-order valence-electron chi connectivity index (χ1n) is 9.18. The third kappa shape index (κ3) is 3.17. The Morgan fingerprint density at radius 2 is 1.85 bits per heavy atom. The van der Waals surface area contributed by atoms with Gasteiger partial charge in [-0.1, -0.05) is 26.0 Å². The Kier molecular flexibility index (Phi) is 4.59. The number of nitrogens with one attached hydrogen (secondary N) is 1. The largest absolute Gasteiger partial charge is 0.352 e. The van der Waals surface area contributed by atoms with Crippen LogP contribution in [-0.2, 0) is 6.54 Å².